The van der Waals surface area contributed by atoms with E-state index in [9.17, 15) is 14.3 Å². The SMILES string of the molecule is Cc1nc2c(ccn2Cc2ccc(F)cc2)c(-c2ccc3c(c2)CCCO3)c1[C@H](OC(C)(C)C)C(=O)O. The van der Waals surface area contributed by atoms with Crippen molar-refractivity contribution >= 4 is 17.0 Å². The molecule has 3 heterocycles. The molecule has 0 fully saturated rings. The van der Waals surface area contributed by atoms with Crippen LogP contribution in [-0.2, 0) is 22.5 Å². The standard InChI is InChI=1S/C30H31FN2O4/c1-18-25(27(29(34)35)37-30(2,3)4)26(21-9-12-24-20(16-21)6-5-15-36-24)23-13-14-33(28(23)32-18)17-19-7-10-22(31)11-8-19/h7-14,16,27H,5-6,15,17H2,1-4H3,(H,34,35)/t27-/m0/s1. The van der Waals surface area contributed by atoms with Crippen LogP contribution in [0.4, 0.5) is 4.39 Å². The molecule has 0 aliphatic carbocycles. The Kier molecular flexibility index (Phi) is 6.50. The van der Waals surface area contributed by atoms with Crippen molar-refractivity contribution in [3.05, 3.63) is 82.9 Å². The van der Waals surface area contributed by atoms with Gasteiger partial charge in [-0.2, -0.15) is 0 Å². The molecule has 1 aliphatic rings. The van der Waals surface area contributed by atoms with Crippen molar-refractivity contribution in [1.29, 1.82) is 0 Å². The van der Waals surface area contributed by atoms with Crippen LogP contribution in [0.2, 0.25) is 0 Å². The summed E-state index contributed by atoms with van der Waals surface area (Å²) in [6.07, 6.45) is 2.58. The van der Waals surface area contributed by atoms with E-state index < -0.39 is 17.7 Å². The lowest BCUT2D eigenvalue weighted by molar-refractivity contribution is -0.160. The summed E-state index contributed by atoms with van der Waals surface area (Å²) < 4.78 is 27.4. The van der Waals surface area contributed by atoms with Crippen molar-refractivity contribution in [1.82, 2.24) is 9.55 Å². The first kappa shape index (κ1) is 25.0. The summed E-state index contributed by atoms with van der Waals surface area (Å²) in [5.41, 5.74) is 4.93. The molecule has 2 aromatic heterocycles. The minimum absolute atomic E-state index is 0.281. The Morgan fingerprint density at radius 1 is 1.19 bits per heavy atom. The van der Waals surface area contributed by atoms with E-state index in [4.69, 9.17) is 14.5 Å². The van der Waals surface area contributed by atoms with E-state index in [2.05, 4.69) is 6.07 Å². The second kappa shape index (κ2) is 9.63. The van der Waals surface area contributed by atoms with Crippen LogP contribution in [0.25, 0.3) is 22.2 Å². The van der Waals surface area contributed by atoms with Crippen LogP contribution < -0.4 is 4.74 Å². The fourth-order valence-corrected chi connectivity index (χ4v) is 4.98. The van der Waals surface area contributed by atoms with Gasteiger partial charge in [0.15, 0.2) is 6.10 Å². The number of aliphatic carboxylic acids is 1. The van der Waals surface area contributed by atoms with E-state index in [1.807, 2.05) is 56.7 Å². The molecule has 192 valence electrons. The Bertz CT molecular complexity index is 1470. The Balaban J connectivity index is 1.73. The highest BCUT2D eigenvalue weighted by atomic mass is 19.1. The lowest BCUT2D eigenvalue weighted by Gasteiger charge is -2.28. The highest BCUT2D eigenvalue weighted by molar-refractivity contribution is 5.98. The molecule has 1 N–H and O–H groups in total. The monoisotopic (exact) mass is 502 g/mol. The van der Waals surface area contributed by atoms with E-state index in [0.717, 1.165) is 51.9 Å². The minimum Gasteiger partial charge on any atom is -0.493 e. The molecule has 6 nitrogen and oxygen atoms in total. The number of carboxylic acid groups (broad SMARTS) is 1. The van der Waals surface area contributed by atoms with Crippen molar-refractivity contribution in [2.45, 2.75) is 58.8 Å². The molecule has 0 spiro atoms. The largest absolute Gasteiger partial charge is 0.493 e. The van der Waals surface area contributed by atoms with Gasteiger partial charge in [-0.25, -0.2) is 14.2 Å². The number of pyridine rings is 1. The van der Waals surface area contributed by atoms with E-state index in [1.165, 1.54) is 12.1 Å². The van der Waals surface area contributed by atoms with Gasteiger partial charge in [0.2, 0.25) is 0 Å². The Morgan fingerprint density at radius 2 is 1.95 bits per heavy atom. The van der Waals surface area contributed by atoms with Gasteiger partial charge in [-0.05, 0) is 87.6 Å². The minimum atomic E-state index is -1.19. The number of carboxylic acids is 1. The number of hydrogen-bond donors (Lipinski definition) is 1. The summed E-state index contributed by atoms with van der Waals surface area (Å²) in [7, 11) is 0. The van der Waals surface area contributed by atoms with E-state index in [1.54, 1.807) is 12.1 Å². The summed E-state index contributed by atoms with van der Waals surface area (Å²) in [4.78, 5) is 17.4. The third-order valence-electron chi connectivity index (χ3n) is 6.56. The van der Waals surface area contributed by atoms with Crippen LogP contribution in [0.1, 0.15) is 55.7 Å². The third-order valence-corrected chi connectivity index (χ3v) is 6.56. The van der Waals surface area contributed by atoms with Gasteiger partial charge >= 0.3 is 5.97 Å². The molecule has 2 aromatic carbocycles. The third kappa shape index (κ3) is 5.09. The zero-order valence-corrected chi connectivity index (χ0v) is 21.5. The molecule has 0 bridgehead atoms. The summed E-state index contributed by atoms with van der Waals surface area (Å²) in [5, 5.41) is 11.1. The Labute approximate surface area is 215 Å². The van der Waals surface area contributed by atoms with Gasteiger partial charge in [0.1, 0.15) is 17.2 Å². The van der Waals surface area contributed by atoms with Gasteiger partial charge in [0.05, 0.1) is 12.2 Å². The maximum Gasteiger partial charge on any atom is 0.337 e. The molecule has 1 aliphatic heterocycles. The van der Waals surface area contributed by atoms with E-state index >= 15 is 0 Å². The molecule has 1 atom stereocenters. The first-order valence-electron chi connectivity index (χ1n) is 12.5. The summed E-state index contributed by atoms with van der Waals surface area (Å²) >= 11 is 0. The van der Waals surface area contributed by atoms with Crippen molar-refractivity contribution in [3.8, 4) is 16.9 Å². The summed E-state index contributed by atoms with van der Waals surface area (Å²) in [6.45, 7) is 8.58. The van der Waals surface area contributed by atoms with Crippen LogP contribution in [0, 0.1) is 12.7 Å². The van der Waals surface area contributed by atoms with Gasteiger partial charge in [-0.1, -0.05) is 18.2 Å². The van der Waals surface area contributed by atoms with Crippen LogP contribution in [0.5, 0.6) is 5.75 Å². The highest BCUT2D eigenvalue weighted by Gasteiger charge is 2.33. The molecule has 4 aromatic rings. The van der Waals surface area contributed by atoms with E-state index in [-0.39, 0.29) is 5.82 Å². The molecule has 37 heavy (non-hydrogen) atoms. The van der Waals surface area contributed by atoms with Gasteiger partial charge in [0, 0.05) is 34.9 Å². The number of rotatable bonds is 6. The molecular formula is C30H31FN2O4. The van der Waals surface area contributed by atoms with Crippen LogP contribution in [0.3, 0.4) is 0 Å². The maximum absolute atomic E-state index is 13.4. The van der Waals surface area contributed by atoms with Gasteiger partial charge < -0.3 is 19.1 Å². The second-order valence-corrected chi connectivity index (χ2v) is 10.5. The average Bonchev–Trinajstić information content (AvgIpc) is 3.24. The van der Waals surface area contributed by atoms with Crippen molar-refractivity contribution in [2.24, 2.45) is 0 Å². The number of halogens is 1. The number of aromatic nitrogens is 2. The molecule has 0 unspecified atom stereocenters. The van der Waals surface area contributed by atoms with Crippen molar-refractivity contribution in [2.75, 3.05) is 6.61 Å². The number of hydrogen-bond acceptors (Lipinski definition) is 4. The predicted molar refractivity (Wildman–Crippen MR) is 140 cm³/mol. The molecule has 0 saturated carbocycles. The van der Waals surface area contributed by atoms with Crippen molar-refractivity contribution < 1.29 is 23.8 Å². The Morgan fingerprint density at radius 3 is 2.65 bits per heavy atom. The van der Waals surface area contributed by atoms with E-state index in [0.29, 0.717) is 24.4 Å². The zero-order chi connectivity index (χ0) is 26.3. The fourth-order valence-electron chi connectivity index (χ4n) is 4.98. The lowest BCUT2D eigenvalue weighted by Crippen LogP contribution is -2.28. The summed E-state index contributed by atoms with van der Waals surface area (Å²) in [6, 6.07) is 14.4. The fraction of sp³-hybridized carbons (Fsp3) is 0.333. The Hall–Kier alpha value is -3.71. The first-order valence-corrected chi connectivity index (χ1v) is 12.5. The highest BCUT2D eigenvalue weighted by Crippen LogP contribution is 2.41. The first-order chi connectivity index (χ1) is 17.6. The second-order valence-electron chi connectivity index (χ2n) is 10.5. The molecule has 0 amide bonds. The molecule has 0 radical (unpaired) electrons. The number of carbonyl (C=O) groups is 1. The van der Waals surface area contributed by atoms with Crippen LogP contribution in [0.15, 0.2) is 54.7 Å². The van der Waals surface area contributed by atoms with Crippen LogP contribution in [-0.4, -0.2) is 32.8 Å². The maximum atomic E-state index is 13.4. The number of nitrogens with zero attached hydrogens (tertiary/aromatic N) is 2. The molecule has 5 rings (SSSR count). The van der Waals surface area contributed by atoms with Gasteiger partial charge in [0.25, 0.3) is 0 Å². The quantitative estimate of drug-likeness (QED) is 0.327. The lowest BCUT2D eigenvalue weighted by atomic mass is 9.90. The molecule has 0 saturated heterocycles. The van der Waals surface area contributed by atoms with Gasteiger partial charge in [-0.15, -0.1) is 0 Å². The molecule has 7 heteroatoms. The normalized spacial score (nSPS) is 14.3. The van der Waals surface area contributed by atoms with Crippen molar-refractivity contribution in [3.63, 3.8) is 0 Å². The number of fused-ring (bicyclic) bond motifs is 2. The molecular weight excluding hydrogens is 471 g/mol. The van der Waals surface area contributed by atoms with Gasteiger partial charge in [-0.3, -0.25) is 0 Å². The smallest absolute Gasteiger partial charge is 0.337 e. The number of benzene rings is 2. The number of ether oxygens (including phenoxy) is 2. The van der Waals surface area contributed by atoms with Crippen LogP contribution >= 0.6 is 0 Å². The zero-order valence-electron chi connectivity index (χ0n) is 21.5. The summed E-state index contributed by atoms with van der Waals surface area (Å²) in [5.74, 6) is -0.474. The predicted octanol–water partition coefficient (Wildman–Crippen LogP) is 6.46. The topological polar surface area (TPSA) is 73.6 Å². The number of aryl methyl sites for hydroxylation is 2. The average molecular weight is 503 g/mol.